The molecular weight excluding hydrogens is 321 g/mol. The van der Waals surface area contributed by atoms with Crippen LogP contribution in [0.3, 0.4) is 0 Å². The predicted molar refractivity (Wildman–Crippen MR) is 73.4 cm³/mol. The van der Waals surface area contributed by atoms with Gasteiger partial charge in [0.25, 0.3) is 0 Å². The van der Waals surface area contributed by atoms with E-state index in [0.29, 0.717) is 24.6 Å². The average Bonchev–Trinajstić information content (AvgIpc) is 2.81. The normalized spacial score (nSPS) is 16.1. The molecule has 0 spiro atoms. The number of amides is 3. The molecule has 2 heterocycles. The Morgan fingerprint density at radius 2 is 2.23 bits per heavy atom. The molecule has 1 aromatic rings. The summed E-state index contributed by atoms with van der Waals surface area (Å²) in [6, 6.07) is -0.330. The number of carbonyl (C=O) groups excluding carboxylic acids is 2. The number of halogens is 3. The molecular formula is C12H15F3N4O2S. The molecule has 3 amide bonds. The third-order valence-corrected chi connectivity index (χ3v) is 3.97. The number of nitrogens with zero attached hydrogens (tertiary/aromatic N) is 2. The van der Waals surface area contributed by atoms with Crippen molar-refractivity contribution in [2.75, 3.05) is 26.2 Å². The summed E-state index contributed by atoms with van der Waals surface area (Å²) in [5.74, 6) is -0.0993. The second-order valence-corrected chi connectivity index (χ2v) is 5.64. The number of aromatic nitrogens is 1. The number of nitrogens with one attached hydrogen (secondary N) is 2. The largest absolute Gasteiger partial charge is 0.434 e. The quantitative estimate of drug-likeness (QED) is 0.872. The zero-order chi connectivity index (χ0) is 16.2. The molecule has 122 valence electrons. The van der Waals surface area contributed by atoms with Crippen molar-refractivity contribution in [3.05, 3.63) is 16.1 Å². The molecule has 1 aliphatic rings. The van der Waals surface area contributed by atoms with Crippen LogP contribution < -0.4 is 10.6 Å². The van der Waals surface area contributed by atoms with Crippen molar-refractivity contribution in [1.29, 1.82) is 0 Å². The molecule has 0 saturated carbocycles. The SMILES string of the molecule is O=C1CCN(C(=O)NCCc2nc(C(F)(F)F)cs2)CCN1. The Morgan fingerprint density at radius 3 is 2.91 bits per heavy atom. The van der Waals surface area contributed by atoms with Crippen molar-refractivity contribution < 1.29 is 22.8 Å². The lowest BCUT2D eigenvalue weighted by Gasteiger charge is -2.19. The number of alkyl halides is 3. The molecule has 0 bridgehead atoms. The van der Waals surface area contributed by atoms with Gasteiger partial charge in [-0.2, -0.15) is 13.2 Å². The fraction of sp³-hybridized carbons (Fsp3) is 0.583. The van der Waals surface area contributed by atoms with E-state index in [1.54, 1.807) is 0 Å². The van der Waals surface area contributed by atoms with Gasteiger partial charge < -0.3 is 15.5 Å². The van der Waals surface area contributed by atoms with Crippen molar-refractivity contribution >= 4 is 23.3 Å². The van der Waals surface area contributed by atoms with Crippen LogP contribution in [0.4, 0.5) is 18.0 Å². The summed E-state index contributed by atoms with van der Waals surface area (Å²) in [5.41, 5.74) is -0.907. The highest BCUT2D eigenvalue weighted by Crippen LogP contribution is 2.29. The first-order valence-corrected chi connectivity index (χ1v) is 7.55. The van der Waals surface area contributed by atoms with Gasteiger partial charge in [0, 0.05) is 44.4 Å². The van der Waals surface area contributed by atoms with Crippen LogP contribution in [0.25, 0.3) is 0 Å². The molecule has 2 rings (SSSR count). The molecule has 0 radical (unpaired) electrons. The molecule has 0 atom stereocenters. The summed E-state index contributed by atoms with van der Waals surface area (Å²) >= 11 is 0.917. The monoisotopic (exact) mass is 336 g/mol. The molecule has 1 aliphatic heterocycles. The highest BCUT2D eigenvalue weighted by Gasteiger charge is 2.33. The smallest absolute Gasteiger partial charge is 0.354 e. The van der Waals surface area contributed by atoms with E-state index >= 15 is 0 Å². The van der Waals surface area contributed by atoms with Gasteiger partial charge in [-0.15, -0.1) is 11.3 Å². The first kappa shape index (κ1) is 16.5. The molecule has 1 fully saturated rings. The minimum absolute atomic E-state index is 0.0993. The molecule has 6 nitrogen and oxygen atoms in total. The van der Waals surface area contributed by atoms with Gasteiger partial charge in [0.1, 0.15) is 0 Å². The molecule has 10 heteroatoms. The topological polar surface area (TPSA) is 74.3 Å². The average molecular weight is 336 g/mol. The van der Waals surface area contributed by atoms with Crippen molar-refractivity contribution in [1.82, 2.24) is 20.5 Å². The third-order valence-electron chi connectivity index (χ3n) is 3.06. The molecule has 0 aromatic carbocycles. The summed E-state index contributed by atoms with van der Waals surface area (Å²) in [7, 11) is 0. The predicted octanol–water partition coefficient (Wildman–Crippen LogP) is 1.24. The standard InChI is InChI=1S/C12H15F3N4O2S/c13-12(14,15)8-7-22-10(18-8)1-3-17-11(21)19-5-2-9(20)16-4-6-19/h7H,1-6H2,(H,16,20)(H,17,21). The third kappa shape index (κ3) is 4.58. The van der Waals surface area contributed by atoms with Crippen LogP contribution in [0.15, 0.2) is 5.38 Å². The number of hydrogen-bond donors (Lipinski definition) is 2. The molecule has 22 heavy (non-hydrogen) atoms. The van der Waals surface area contributed by atoms with Crippen molar-refractivity contribution in [3.63, 3.8) is 0 Å². The molecule has 0 aliphatic carbocycles. The van der Waals surface area contributed by atoms with E-state index in [2.05, 4.69) is 15.6 Å². The number of hydrogen-bond acceptors (Lipinski definition) is 4. The highest BCUT2D eigenvalue weighted by atomic mass is 32.1. The lowest BCUT2D eigenvalue weighted by Crippen LogP contribution is -2.42. The van der Waals surface area contributed by atoms with E-state index < -0.39 is 11.9 Å². The first-order valence-electron chi connectivity index (χ1n) is 6.67. The number of carbonyl (C=O) groups is 2. The van der Waals surface area contributed by atoms with Crippen LogP contribution >= 0.6 is 11.3 Å². The van der Waals surface area contributed by atoms with Gasteiger partial charge in [0.15, 0.2) is 5.69 Å². The zero-order valence-electron chi connectivity index (χ0n) is 11.6. The maximum Gasteiger partial charge on any atom is 0.434 e. The van der Waals surface area contributed by atoms with E-state index in [1.807, 2.05) is 0 Å². The molecule has 2 N–H and O–H groups in total. The Labute approximate surface area is 128 Å². The van der Waals surface area contributed by atoms with Gasteiger partial charge in [-0.3, -0.25) is 4.79 Å². The van der Waals surface area contributed by atoms with E-state index in [0.717, 1.165) is 16.7 Å². The van der Waals surface area contributed by atoms with Gasteiger partial charge in [-0.25, -0.2) is 9.78 Å². The fourth-order valence-electron chi connectivity index (χ4n) is 1.91. The van der Waals surface area contributed by atoms with Crippen LogP contribution in [-0.2, 0) is 17.4 Å². The Kier molecular flexibility index (Phi) is 5.22. The lowest BCUT2D eigenvalue weighted by atomic mass is 10.4. The van der Waals surface area contributed by atoms with E-state index in [-0.39, 0.29) is 31.3 Å². The Hall–Kier alpha value is -1.84. The Balaban J connectivity index is 1.77. The molecule has 1 saturated heterocycles. The Morgan fingerprint density at radius 1 is 1.45 bits per heavy atom. The zero-order valence-corrected chi connectivity index (χ0v) is 12.4. The maximum absolute atomic E-state index is 12.4. The minimum Gasteiger partial charge on any atom is -0.354 e. The van der Waals surface area contributed by atoms with Gasteiger partial charge in [-0.1, -0.05) is 0 Å². The van der Waals surface area contributed by atoms with Crippen LogP contribution in [0.5, 0.6) is 0 Å². The maximum atomic E-state index is 12.4. The number of urea groups is 1. The van der Waals surface area contributed by atoms with Crippen molar-refractivity contribution in [2.45, 2.75) is 19.0 Å². The summed E-state index contributed by atoms with van der Waals surface area (Å²) in [4.78, 5) is 28.0. The first-order chi connectivity index (χ1) is 10.4. The second-order valence-electron chi connectivity index (χ2n) is 4.69. The second kappa shape index (κ2) is 6.95. The van der Waals surface area contributed by atoms with Crippen LogP contribution in [0.2, 0.25) is 0 Å². The summed E-state index contributed by atoms with van der Waals surface area (Å²) in [5, 5.41) is 6.56. The summed E-state index contributed by atoms with van der Waals surface area (Å²) in [6.45, 7) is 1.33. The fourth-order valence-corrected chi connectivity index (χ4v) is 2.72. The van der Waals surface area contributed by atoms with Crippen molar-refractivity contribution in [2.24, 2.45) is 0 Å². The van der Waals surface area contributed by atoms with E-state index in [4.69, 9.17) is 0 Å². The van der Waals surface area contributed by atoms with Crippen LogP contribution in [0, 0.1) is 0 Å². The molecule has 0 unspecified atom stereocenters. The minimum atomic E-state index is -4.44. The highest BCUT2D eigenvalue weighted by molar-refractivity contribution is 7.09. The van der Waals surface area contributed by atoms with Gasteiger partial charge in [0.2, 0.25) is 5.91 Å². The summed E-state index contributed by atoms with van der Waals surface area (Å²) < 4.78 is 37.2. The van der Waals surface area contributed by atoms with Gasteiger partial charge in [0.05, 0.1) is 5.01 Å². The molecule has 1 aromatic heterocycles. The summed E-state index contributed by atoms with van der Waals surface area (Å²) in [6.07, 6.45) is -3.96. The van der Waals surface area contributed by atoms with E-state index in [9.17, 15) is 22.8 Å². The number of thiazole rings is 1. The Bertz CT molecular complexity index is 547. The van der Waals surface area contributed by atoms with E-state index in [1.165, 1.54) is 4.90 Å². The lowest BCUT2D eigenvalue weighted by molar-refractivity contribution is -0.140. The van der Waals surface area contributed by atoms with Crippen LogP contribution in [0.1, 0.15) is 17.1 Å². The number of rotatable bonds is 3. The van der Waals surface area contributed by atoms with Crippen LogP contribution in [-0.4, -0.2) is 48.0 Å². The van der Waals surface area contributed by atoms with Gasteiger partial charge >= 0.3 is 12.2 Å². The van der Waals surface area contributed by atoms with Gasteiger partial charge in [-0.05, 0) is 0 Å². The van der Waals surface area contributed by atoms with Crippen molar-refractivity contribution in [3.8, 4) is 0 Å².